The topological polar surface area (TPSA) is 47.0 Å². The fraction of sp³-hybridized carbons (Fsp3) is 0.333. The third-order valence-electron chi connectivity index (χ3n) is 2.43. The van der Waals surface area contributed by atoms with Crippen molar-refractivity contribution >= 4 is 51.7 Å². The molecule has 84 valence electrons. The fourth-order valence-corrected chi connectivity index (χ4v) is 2.70. The molecule has 1 aliphatic rings. The van der Waals surface area contributed by atoms with Crippen molar-refractivity contribution in [1.82, 2.24) is 8.75 Å². The van der Waals surface area contributed by atoms with Gasteiger partial charge in [0.05, 0.1) is 46.7 Å². The van der Waals surface area contributed by atoms with Crippen LogP contribution in [0.2, 0.25) is 10.0 Å². The predicted molar refractivity (Wildman–Crippen MR) is 65.7 cm³/mol. The second kappa shape index (κ2) is 4.00. The molecule has 0 aliphatic carbocycles. The molecule has 0 bridgehead atoms. The lowest BCUT2D eigenvalue weighted by Crippen LogP contribution is -2.40. The molecule has 16 heavy (non-hydrogen) atoms. The summed E-state index contributed by atoms with van der Waals surface area (Å²) in [6.07, 6.45) is 0. The van der Waals surface area contributed by atoms with Crippen molar-refractivity contribution in [1.29, 1.82) is 0 Å². The summed E-state index contributed by atoms with van der Waals surface area (Å²) >= 11 is 13.3. The lowest BCUT2D eigenvalue weighted by Gasteiger charge is -2.28. The highest BCUT2D eigenvalue weighted by Crippen LogP contribution is 2.35. The molecule has 0 amide bonds. The van der Waals surface area contributed by atoms with E-state index in [1.807, 2.05) is 0 Å². The second-order valence-electron chi connectivity index (χ2n) is 3.56. The molecule has 7 heteroatoms. The number of ether oxygens (including phenoxy) is 1. The van der Waals surface area contributed by atoms with Crippen molar-refractivity contribution < 1.29 is 4.74 Å². The molecule has 1 saturated heterocycles. The summed E-state index contributed by atoms with van der Waals surface area (Å²) in [6, 6.07) is 1.98. The van der Waals surface area contributed by atoms with E-state index in [1.54, 1.807) is 6.07 Å². The van der Waals surface area contributed by atoms with Gasteiger partial charge < -0.3 is 10.1 Å². The normalized spacial score (nSPS) is 16.4. The third-order valence-corrected chi connectivity index (χ3v) is 3.55. The number of aromatic nitrogens is 2. The van der Waals surface area contributed by atoms with Gasteiger partial charge in [0.15, 0.2) is 0 Å². The van der Waals surface area contributed by atoms with Crippen LogP contribution >= 0.6 is 34.9 Å². The monoisotopic (exact) mass is 275 g/mol. The lowest BCUT2D eigenvalue weighted by molar-refractivity contribution is 0.0211. The van der Waals surface area contributed by atoms with Crippen LogP contribution in [0.1, 0.15) is 0 Å². The first-order chi connectivity index (χ1) is 7.75. The molecule has 0 atom stereocenters. The first-order valence-electron chi connectivity index (χ1n) is 4.70. The Kier molecular flexibility index (Phi) is 2.63. The van der Waals surface area contributed by atoms with E-state index in [2.05, 4.69) is 14.1 Å². The van der Waals surface area contributed by atoms with Crippen molar-refractivity contribution in [2.45, 2.75) is 6.04 Å². The number of halogens is 2. The standard InChI is InChI=1S/C9H7Cl2N3OS/c10-5-1-6(11)8-9(14-16-13-8)7(5)12-4-2-15-3-4/h1,4,12H,2-3H2. The van der Waals surface area contributed by atoms with Crippen LogP contribution in [0.3, 0.4) is 0 Å². The highest BCUT2D eigenvalue weighted by atomic mass is 35.5. The van der Waals surface area contributed by atoms with Gasteiger partial charge in [0.2, 0.25) is 0 Å². The molecular weight excluding hydrogens is 269 g/mol. The Hall–Kier alpha value is -0.620. The highest BCUT2D eigenvalue weighted by Gasteiger charge is 2.22. The molecule has 1 aromatic carbocycles. The van der Waals surface area contributed by atoms with Crippen molar-refractivity contribution in [3.8, 4) is 0 Å². The Morgan fingerprint density at radius 1 is 1.25 bits per heavy atom. The Bertz CT molecular complexity index is 541. The van der Waals surface area contributed by atoms with Gasteiger partial charge in [-0.1, -0.05) is 23.2 Å². The summed E-state index contributed by atoms with van der Waals surface area (Å²) in [7, 11) is 0. The van der Waals surface area contributed by atoms with Gasteiger partial charge in [-0.15, -0.1) is 0 Å². The van der Waals surface area contributed by atoms with E-state index in [4.69, 9.17) is 27.9 Å². The van der Waals surface area contributed by atoms with Gasteiger partial charge in [-0.05, 0) is 6.07 Å². The zero-order chi connectivity index (χ0) is 11.1. The summed E-state index contributed by atoms with van der Waals surface area (Å²) in [5, 5.41) is 4.39. The largest absolute Gasteiger partial charge is 0.377 e. The molecule has 2 heterocycles. The van der Waals surface area contributed by atoms with Crippen LogP contribution in [0.4, 0.5) is 5.69 Å². The van der Waals surface area contributed by atoms with E-state index < -0.39 is 0 Å². The van der Waals surface area contributed by atoms with E-state index in [9.17, 15) is 0 Å². The fourth-order valence-electron chi connectivity index (χ4n) is 1.53. The Morgan fingerprint density at radius 3 is 2.69 bits per heavy atom. The number of hydrogen-bond acceptors (Lipinski definition) is 5. The molecule has 0 saturated carbocycles. The van der Waals surface area contributed by atoms with Crippen LogP contribution in [-0.2, 0) is 4.74 Å². The lowest BCUT2D eigenvalue weighted by atomic mass is 10.2. The molecule has 1 N–H and O–H groups in total. The zero-order valence-corrected chi connectivity index (χ0v) is 10.4. The number of hydrogen-bond donors (Lipinski definition) is 1. The van der Waals surface area contributed by atoms with E-state index in [0.717, 1.165) is 22.9 Å². The van der Waals surface area contributed by atoms with Gasteiger partial charge in [0.25, 0.3) is 0 Å². The molecule has 1 aliphatic heterocycles. The molecular formula is C9H7Cl2N3OS. The summed E-state index contributed by atoms with van der Waals surface area (Å²) in [6.45, 7) is 1.38. The number of rotatable bonds is 2. The van der Waals surface area contributed by atoms with Crippen LogP contribution in [0.15, 0.2) is 6.07 Å². The van der Waals surface area contributed by atoms with Gasteiger partial charge in [-0.25, -0.2) is 0 Å². The van der Waals surface area contributed by atoms with Crippen molar-refractivity contribution in [2.24, 2.45) is 0 Å². The van der Waals surface area contributed by atoms with Crippen LogP contribution in [-0.4, -0.2) is 28.0 Å². The zero-order valence-electron chi connectivity index (χ0n) is 8.04. The quantitative estimate of drug-likeness (QED) is 0.916. The summed E-state index contributed by atoms with van der Waals surface area (Å²) in [5.74, 6) is 0. The van der Waals surface area contributed by atoms with Gasteiger partial charge in [0.1, 0.15) is 11.0 Å². The van der Waals surface area contributed by atoms with Crippen LogP contribution in [0, 0.1) is 0 Å². The van der Waals surface area contributed by atoms with Gasteiger partial charge >= 0.3 is 0 Å². The molecule has 4 nitrogen and oxygen atoms in total. The van der Waals surface area contributed by atoms with Crippen LogP contribution in [0.5, 0.6) is 0 Å². The molecule has 1 fully saturated rings. The Labute approximate surface area is 106 Å². The minimum Gasteiger partial charge on any atom is -0.377 e. The molecule has 0 radical (unpaired) electrons. The highest BCUT2D eigenvalue weighted by molar-refractivity contribution is 7.00. The second-order valence-corrected chi connectivity index (χ2v) is 4.90. The molecule has 2 aromatic rings. The summed E-state index contributed by atoms with van der Waals surface area (Å²) in [5.41, 5.74) is 2.22. The molecule has 0 unspecified atom stereocenters. The first kappa shape index (κ1) is 10.5. The van der Waals surface area contributed by atoms with Crippen molar-refractivity contribution in [3.05, 3.63) is 16.1 Å². The first-order valence-corrected chi connectivity index (χ1v) is 6.19. The number of fused-ring (bicyclic) bond motifs is 1. The van der Waals surface area contributed by atoms with Crippen LogP contribution < -0.4 is 5.32 Å². The smallest absolute Gasteiger partial charge is 0.130 e. The Morgan fingerprint density at radius 2 is 2.00 bits per heavy atom. The summed E-state index contributed by atoms with van der Waals surface area (Å²) < 4.78 is 13.4. The minimum absolute atomic E-state index is 0.295. The molecule has 0 spiro atoms. The van der Waals surface area contributed by atoms with E-state index in [1.165, 1.54) is 0 Å². The van der Waals surface area contributed by atoms with Crippen LogP contribution in [0.25, 0.3) is 11.0 Å². The minimum atomic E-state index is 0.295. The number of benzene rings is 1. The van der Waals surface area contributed by atoms with Gasteiger partial charge in [-0.3, -0.25) is 0 Å². The van der Waals surface area contributed by atoms with E-state index in [0.29, 0.717) is 34.8 Å². The maximum atomic E-state index is 6.14. The average molecular weight is 276 g/mol. The van der Waals surface area contributed by atoms with Gasteiger partial charge in [0, 0.05) is 0 Å². The number of anilines is 1. The molecule has 3 rings (SSSR count). The van der Waals surface area contributed by atoms with E-state index in [-0.39, 0.29) is 0 Å². The maximum absolute atomic E-state index is 6.14. The predicted octanol–water partition coefficient (Wildman–Crippen LogP) is 2.81. The molecule has 1 aromatic heterocycles. The van der Waals surface area contributed by atoms with E-state index >= 15 is 0 Å². The van der Waals surface area contributed by atoms with Gasteiger partial charge in [-0.2, -0.15) is 8.75 Å². The van der Waals surface area contributed by atoms with Crippen molar-refractivity contribution in [3.63, 3.8) is 0 Å². The van der Waals surface area contributed by atoms with Crippen molar-refractivity contribution in [2.75, 3.05) is 18.5 Å². The maximum Gasteiger partial charge on any atom is 0.130 e. The third kappa shape index (κ3) is 1.64. The number of nitrogens with zero attached hydrogens (tertiary/aromatic N) is 2. The summed E-state index contributed by atoms with van der Waals surface area (Å²) in [4.78, 5) is 0. The average Bonchev–Trinajstić information content (AvgIpc) is 2.63. The number of nitrogens with one attached hydrogen (secondary N) is 1. The SMILES string of the molecule is Clc1cc(Cl)c2nsnc2c1NC1COC1. The Balaban J connectivity index is 2.10.